The molecule has 1 heterocycles. The van der Waals surface area contributed by atoms with Crippen LogP contribution in [-0.4, -0.2) is 34.9 Å². The van der Waals surface area contributed by atoms with Gasteiger partial charge in [0, 0.05) is 16.2 Å². The van der Waals surface area contributed by atoms with Crippen LogP contribution in [0.3, 0.4) is 0 Å². The molecule has 0 fully saturated rings. The zero-order valence-corrected chi connectivity index (χ0v) is 15.0. The Morgan fingerprint density at radius 1 is 1.27 bits per heavy atom. The van der Waals surface area contributed by atoms with Crippen molar-refractivity contribution in [1.29, 1.82) is 0 Å². The van der Waals surface area contributed by atoms with Crippen molar-refractivity contribution in [2.45, 2.75) is 31.0 Å². The summed E-state index contributed by atoms with van der Waals surface area (Å²) < 4.78 is 6.11. The van der Waals surface area contributed by atoms with Crippen LogP contribution >= 0.6 is 15.9 Å². The molecule has 114 valence electrons. The second-order valence-electron chi connectivity index (χ2n) is 4.91. The first kappa shape index (κ1) is 19.3. The van der Waals surface area contributed by atoms with Gasteiger partial charge < -0.3 is 9.84 Å². The molecule has 0 radical (unpaired) electrons. The van der Waals surface area contributed by atoms with Crippen LogP contribution in [0.25, 0.3) is 0 Å². The minimum atomic E-state index is -0.730. The number of halogens is 1. The third-order valence-corrected chi connectivity index (χ3v) is 3.71. The molecular weight excluding hydrogens is 337 g/mol. The average molecular weight is 358 g/mol. The summed E-state index contributed by atoms with van der Waals surface area (Å²) >= 11 is 5.57. The molecule has 1 atom stereocenters. The molecule has 2 rings (SSSR count). The summed E-state index contributed by atoms with van der Waals surface area (Å²) in [7, 11) is 1.54. The Morgan fingerprint density at radius 3 is 2.45 bits per heavy atom. The number of unbranched alkanes of at least 4 members (excludes halogenated alkanes) is 1. The van der Waals surface area contributed by atoms with Crippen LogP contribution < -0.4 is 4.74 Å². The molecule has 3 nitrogen and oxygen atoms in total. The van der Waals surface area contributed by atoms with E-state index in [1.54, 1.807) is 25.4 Å². The van der Waals surface area contributed by atoms with E-state index in [9.17, 15) is 5.11 Å². The summed E-state index contributed by atoms with van der Waals surface area (Å²) in [4.78, 5) is 4.07. The molecule has 1 unspecified atom stereocenters. The maximum atomic E-state index is 10.3. The molecule has 5 heteroatoms. The third kappa shape index (κ3) is 6.14. The SMILES string of the molecule is COc1ncccc1C(O)c1ccc(Br)cc1.[Li][CH2]CCC. The predicted molar refractivity (Wildman–Crippen MR) is 94.5 cm³/mol. The molecule has 1 aromatic heterocycles. The van der Waals surface area contributed by atoms with Crippen molar-refractivity contribution in [3.63, 3.8) is 0 Å². The molecule has 22 heavy (non-hydrogen) atoms. The maximum absolute atomic E-state index is 10.3. The predicted octanol–water partition coefficient (Wildman–Crippen LogP) is 4.31. The van der Waals surface area contributed by atoms with Gasteiger partial charge in [-0.3, -0.25) is 0 Å². The van der Waals surface area contributed by atoms with E-state index in [2.05, 4.69) is 45.6 Å². The topological polar surface area (TPSA) is 42.4 Å². The van der Waals surface area contributed by atoms with Gasteiger partial charge in [0.25, 0.3) is 0 Å². The van der Waals surface area contributed by atoms with Crippen LogP contribution in [0.15, 0.2) is 47.1 Å². The van der Waals surface area contributed by atoms with Gasteiger partial charge in [0.05, 0.1) is 7.11 Å². The summed E-state index contributed by atoms with van der Waals surface area (Å²) in [5.41, 5.74) is 1.47. The van der Waals surface area contributed by atoms with Crippen molar-refractivity contribution in [1.82, 2.24) is 4.98 Å². The van der Waals surface area contributed by atoms with Crippen LogP contribution in [-0.2, 0) is 0 Å². The summed E-state index contributed by atoms with van der Waals surface area (Å²) in [5.74, 6) is 0.447. The van der Waals surface area contributed by atoms with E-state index in [1.165, 1.54) is 17.9 Å². The van der Waals surface area contributed by atoms with Gasteiger partial charge in [-0.1, -0.05) is 28.1 Å². The number of aliphatic hydroxyl groups is 1. The van der Waals surface area contributed by atoms with Crippen molar-refractivity contribution in [2.75, 3.05) is 7.11 Å². The van der Waals surface area contributed by atoms with E-state index >= 15 is 0 Å². The second kappa shape index (κ2) is 10.9. The van der Waals surface area contributed by atoms with E-state index < -0.39 is 6.10 Å². The average Bonchev–Trinajstić information content (AvgIpc) is 2.56. The van der Waals surface area contributed by atoms with E-state index in [4.69, 9.17) is 4.74 Å². The number of nitrogens with zero attached hydrogens (tertiary/aromatic N) is 1. The molecule has 0 saturated carbocycles. The first-order valence-electron chi connectivity index (χ1n) is 7.56. The Balaban J connectivity index is 0.000000422. The Labute approximate surface area is 150 Å². The minimum absolute atomic E-state index is 0.447. The molecule has 0 amide bonds. The van der Waals surface area contributed by atoms with Crippen molar-refractivity contribution in [3.05, 3.63) is 58.2 Å². The number of ether oxygens (including phenoxy) is 1. The summed E-state index contributed by atoms with van der Waals surface area (Å²) in [6.45, 7) is 2.21. The molecule has 2 aromatic rings. The number of aliphatic hydroxyl groups excluding tert-OH is 1. The standard InChI is InChI=1S/C13H12BrNO2.C4H9.Li/c1-17-13-11(3-2-8-15-13)12(16)9-4-6-10(14)7-5-9;1-3-4-2;/h2-8,12,16H,1H3;1,3-4H2,2H3;. The Kier molecular flexibility index (Phi) is 9.50. The normalized spacial score (nSPS) is 11.4. The summed E-state index contributed by atoms with van der Waals surface area (Å²) in [6.07, 6.45) is 3.64. The van der Waals surface area contributed by atoms with Crippen molar-refractivity contribution in [2.24, 2.45) is 0 Å². The fraction of sp³-hybridized carbons (Fsp3) is 0.353. The van der Waals surface area contributed by atoms with Crippen molar-refractivity contribution >= 4 is 33.6 Å². The number of rotatable bonds is 5. The second-order valence-corrected chi connectivity index (χ2v) is 5.83. The van der Waals surface area contributed by atoms with Gasteiger partial charge in [-0.15, -0.1) is 0 Å². The molecule has 0 aliphatic carbocycles. The number of benzene rings is 1. The van der Waals surface area contributed by atoms with Gasteiger partial charge in [0.2, 0.25) is 5.88 Å². The van der Waals surface area contributed by atoms with Crippen molar-refractivity contribution < 1.29 is 9.84 Å². The molecule has 1 aromatic carbocycles. The Bertz CT molecular complexity index is 547. The quantitative estimate of drug-likeness (QED) is 0.810. The van der Waals surface area contributed by atoms with E-state index in [-0.39, 0.29) is 0 Å². The van der Waals surface area contributed by atoms with Crippen LogP contribution in [0, 0.1) is 0 Å². The van der Waals surface area contributed by atoms with Crippen molar-refractivity contribution in [3.8, 4) is 5.88 Å². The number of hydrogen-bond acceptors (Lipinski definition) is 3. The van der Waals surface area contributed by atoms with Gasteiger partial charge >= 0.3 is 42.6 Å². The fourth-order valence-corrected chi connectivity index (χ4v) is 2.22. The van der Waals surface area contributed by atoms with Crippen LogP contribution in [0.5, 0.6) is 5.88 Å². The Hall–Kier alpha value is -0.793. The Morgan fingerprint density at radius 2 is 1.95 bits per heavy atom. The molecule has 0 spiro atoms. The van der Waals surface area contributed by atoms with Crippen LogP contribution in [0.2, 0.25) is 5.09 Å². The summed E-state index contributed by atoms with van der Waals surface area (Å²) in [6, 6.07) is 11.1. The van der Waals surface area contributed by atoms with Crippen LogP contribution in [0.4, 0.5) is 0 Å². The molecular formula is C17H21BrLiNO2. The van der Waals surface area contributed by atoms with E-state index in [1.807, 2.05) is 24.3 Å². The zero-order valence-electron chi connectivity index (χ0n) is 13.4. The molecule has 1 N–H and O–H groups in total. The fourth-order valence-electron chi connectivity index (χ4n) is 1.96. The number of pyridine rings is 1. The number of methoxy groups -OCH3 is 1. The molecule has 0 bridgehead atoms. The van der Waals surface area contributed by atoms with Crippen LogP contribution in [0.1, 0.15) is 37.0 Å². The number of aromatic nitrogens is 1. The van der Waals surface area contributed by atoms with Gasteiger partial charge in [-0.2, -0.15) is 0 Å². The van der Waals surface area contributed by atoms with Gasteiger partial charge in [0.1, 0.15) is 6.10 Å². The zero-order chi connectivity index (χ0) is 16.4. The molecule has 0 aliphatic rings. The first-order valence-corrected chi connectivity index (χ1v) is 8.35. The summed E-state index contributed by atoms with van der Waals surface area (Å²) in [5, 5.41) is 11.6. The molecule has 0 saturated heterocycles. The van der Waals surface area contributed by atoms with Gasteiger partial charge in [-0.05, 0) is 29.8 Å². The van der Waals surface area contributed by atoms with E-state index in [0.717, 1.165) is 10.0 Å². The monoisotopic (exact) mass is 357 g/mol. The van der Waals surface area contributed by atoms with E-state index in [0.29, 0.717) is 11.4 Å². The first-order chi connectivity index (χ1) is 10.6. The van der Waals surface area contributed by atoms with Gasteiger partial charge in [-0.25, -0.2) is 4.98 Å². The molecule has 0 aliphatic heterocycles. The van der Waals surface area contributed by atoms with Gasteiger partial charge in [0.15, 0.2) is 0 Å². The third-order valence-electron chi connectivity index (χ3n) is 3.18. The number of hydrogen-bond donors (Lipinski definition) is 1.